The van der Waals surface area contributed by atoms with Gasteiger partial charge in [0.15, 0.2) is 0 Å². The van der Waals surface area contributed by atoms with E-state index >= 15 is 0 Å². The maximum atomic E-state index is 10.5. The van der Waals surface area contributed by atoms with Crippen molar-refractivity contribution in [3.05, 3.63) is 78.9 Å². The fourth-order valence-corrected chi connectivity index (χ4v) is 3.85. The zero-order valence-electron chi connectivity index (χ0n) is 18.6. The lowest BCUT2D eigenvalue weighted by molar-refractivity contribution is 0.0227. The molecular weight excluding hydrogens is 402 g/mol. The highest BCUT2D eigenvalue weighted by molar-refractivity contribution is 5.65. The van der Waals surface area contributed by atoms with Crippen LogP contribution in [0.15, 0.2) is 73.3 Å². The van der Waals surface area contributed by atoms with Gasteiger partial charge < -0.3 is 14.6 Å². The van der Waals surface area contributed by atoms with E-state index in [-0.39, 0.29) is 0 Å². The van der Waals surface area contributed by atoms with Crippen LogP contribution in [0, 0.1) is 0 Å². The average molecular weight is 434 g/mol. The number of ether oxygens (including phenoxy) is 2. The molecule has 1 heterocycles. The monoisotopic (exact) mass is 433 g/mol. The first-order chi connectivity index (χ1) is 15.7. The highest BCUT2D eigenvalue weighted by Crippen LogP contribution is 2.37. The topological polar surface area (TPSA) is 59.8 Å². The van der Waals surface area contributed by atoms with Crippen LogP contribution in [0.25, 0.3) is 11.3 Å². The third kappa shape index (κ3) is 5.65. The molecule has 0 bridgehead atoms. The molecule has 1 saturated carbocycles. The predicted molar refractivity (Wildman–Crippen MR) is 126 cm³/mol. The van der Waals surface area contributed by atoms with E-state index in [0.29, 0.717) is 32.3 Å². The van der Waals surface area contributed by atoms with Crippen LogP contribution in [0.2, 0.25) is 0 Å². The summed E-state index contributed by atoms with van der Waals surface area (Å²) in [5, 5.41) is 15.4. The molecular formula is C26H31N3O3. The Labute approximate surface area is 189 Å². The van der Waals surface area contributed by atoms with Crippen LogP contribution >= 0.6 is 0 Å². The standard InChI is InChI=1S/C26H31N3O3/c1-3-16-31-19-22(30)17-29(21-14-15-21)18-24-25(20-10-6-4-7-11-20)27-28(2)26(24)32-23-12-8-5-9-13-23/h3-13,21-22,30H,1,14-19H2,2H3/t22-/m1/s1. The van der Waals surface area contributed by atoms with E-state index in [4.69, 9.17) is 14.6 Å². The van der Waals surface area contributed by atoms with Crippen LogP contribution in [0.5, 0.6) is 11.6 Å². The second-order valence-electron chi connectivity index (χ2n) is 8.18. The maximum Gasteiger partial charge on any atom is 0.222 e. The summed E-state index contributed by atoms with van der Waals surface area (Å²) in [6.07, 6.45) is 3.40. The third-order valence-corrected chi connectivity index (χ3v) is 5.51. The molecule has 0 unspecified atom stereocenters. The molecule has 0 amide bonds. The minimum Gasteiger partial charge on any atom is -0.439 e. The minimum absolute atomic E-state index is 0.293. The molecule has 1 atom stereocenters. The Morgan fingerprint density at radius 2 is 1.84 bits per heavy atom. The summed E-state index contributed by atoms with van der Waals surface area (Å²) in [4.78, 5) is 2.32. The van der Waals surface area contributed by atoms with E-state index in [2.05, 4.69) is 23.6 Å². The number of para-hydroxylation sites is 1. The molecule has 3 aromatic rings. The summed E-state index contributed by atoms with van der Waals surface area (Å²) in [5.74, 6) is 1.49. The Morgan fingerprint density at radius 3 is 2.50 bits per heavy atom. The zero-order valence-corrected chi connectivity index (χ0v) is 18.6. The summed E-state index contributed by atoms with van der Waals surface area (Å²) in [7, 11) is 1.91. The summed E-state index contributed by atoms with van der Waals surface area (Å²) in [6.45, 7) is 5.57. The zero-order chi connectivity index (χ0) is 22.3. The largest absolute Gasteiger partial charge is 0.439 e. The molecule has 2 aromatic carbocycles. The number of hydrogen-bond donors (Lipinski definition) is 1. The number of aromatic nitrogens is 2. The van der Waals surface area contributed by atoms with Gasteiger partial charge in [-0.15, -0.1) is 6.58 Å². The van der Waals surface area contributed by atoms with Gasteiger partial charge in [0, 0.05) is 31.7 Å². The van der Waals surface area contributed by atoms with Gasteiger partial charge >= 0.3 is 0 Å². The van der Waals surface area contributed by atoms with Gasteiger partial charge in [0.25, 0.3) is 0 Å². The number of aliphatic hydroxyl groups excluding tert-OH is 1. The fourth-order valence-electron chi connectivity index (χ4n) is 3.85. The van der Waals surface area contributed by atoms with E-state index in [9.17, 15) is 5.11 Å². The Hall–Kier alpha value is -2.93. The first-order valence-electron chi connectivity index (χ1n) is 11.1. The SMILES string of the molecule is C=CCOC[C@H](O)CN(Cc1c(-c2ccccc2)nn(C)c1Oc1ccccc1)C1CC1. The van der Waals surface area contributed by atoms with Crippen molar-refractivity contribution < 1.29 is 14.6 Å². The van der Waals surface area contributed by atoms with Gasteiger partial charge in [-0.25, -0.2) is 4.68 Å². The first-order valence-corrected chi connectivity index (χ1v) is 11.1. The van der Waals surface area contributed by atoms with E-state index < -0.39 is 6.10 Å². The van der Waals surface area contributed by atoms with E-state index in [1.54, 1.807) is 10.8 Å². The van der Waals surface area contributed by atoms with Gasteiger partial charge in [0.1, 0.15) is 11.4 Å². The summed E-state index contributed by atoms with van der Waals surface area (Å²) in [5.41, 5.74) is 2.97. The lowest BCUT2D eigenvalue weighted by Gasteiger charge is -2.25. The van der Waals surface area contributed by atoms with Crippen molar-refractivity contribution in [2.45, 2.75) is 31.5 Å². The van der Waals surface area contributed by atoms with Crippen LogP contribution in [-0.2, 0) is 18.3 Å². The normalized spacial score (nSPS) is 14.5. The molecule has 6 heteroatoms. The molecule has 0 radical (unpaired) electrons. The van der Waals surface area contributed by atoms with Crippen LogP contribution in [0.3, 0.4) is 0 Å². The molecule has 1 aromatic heterocycles. The third-order valence-electron chi connectivity index (χ3n) is 5.51. The molecule has 1 aliphatic carbocycles. The Morgan fingerprint density at radius 1 is 1.16 bits per heavy atom. The van der Waals surface area contributed by atoms with Crippen molar-refractivity contribution in [1.82, 2.24) is 14.7 Å². The van der Waals surface area contributed by atoms with Crippen molar-refractivity contribution in [3.8, 4) is 22.9 Å². The van der Waals surface area contributed by atoms with E-state index in [1.165, 1.54) is 0 Å². The summed E-state index contributed by atoms with van der Waals surface area (Å²) < 4.78 is 13.6. The van der Waals surface area contributed by atoms with Crippen molar-refractivity contribution in [1.29, 1.82) is 0 Å². The van der Waals surface area contributed by atoms with Crippen molar-refractivity contribution in [2.75, 3.05) is 19.8 Å². The molecule has 1 N–H and O–H groups in total. The highest BCUT2D eigenvalue weighted by Gasteiger charge is 2.33. The molecule has 4 rings (SSSR count). The smallest absolute Gasteiger partial charge is 0.222 e. The Balaban J connectivity index is 1.63. The molecule has 6 nitrogen and oxygen atoms in total. The average Bonchev–Trinajstić information content (AvgIpc) is 3.62. The van der Waals surface area contributed by atoms with Gasteiger partial charge in [-0.3, -0.25) is 4.90 Å². The number of rotatable bonds is 12. The van der Waals surface area contributed by atoms with Gasteiger partial charge in [-0.05, 0) is 25.0 Å². The molecule has 0 spiro atoms. The Kier molecular flexibility index (Phi) is 7.37. The number of benzene rings is 2. The van der Waals surface area contributed by atoms with Crippen LogP contribution in [0.1, 0.15) is 18.4 Å². The second-order valence-corrected chi connectivity index (χ2v) is 8.18. The van der Waals surface area contributed by atoms with Gasteiger partial charge in [0.2, 0.25) is 5.88 Å². The lowest BCUT2D eigenvalue weighted by Crippen LogP contribution is -2.36. The van der Waals surface area contributed by atoms with Gasteiger partial charge in [-0.2, -0.15) is 5.10 Å². The van der Waals surface area contributed by atoms with Crippen molar-refractivity contribution in [3.63, 3.8) is 0 Å². The van der Waals surface area contributed by atoms with Crippen LogP contribution in [-0.4, -0.2) is 51.7 Å². The number of aryl methyl sites for hydroxylation is 1. The van der Waals surface area contributed by atoms with E-state index in [1.807, 2.05) is 55.6 Å². The Bertz CT molecular complexity index is 1000. The van der Waals surface area contributed by atoms with Crippen molar-refractivity contribution in [2.24, 2.45) is 7.05 Å². The van der Waals surface area contributed by atoms with Crippen LogP contribution in [0.4, 0.5) is 0 Å². The summed E-state index contributed by atoms with van der Waals surface area (Å²) in [6, 6.07) is 20.4. The first kappa shape index (κ1) is 22.3. The number of aliphatic hydroxyl groups is 1. The number of nitrogens with zero attached hydrogens (tertiary/aromatic N) is 3. The lowest BCUT2D eigenvalue weighted by atomic mass is 10.1. The van der Waals surface area contributed by atoms with Gasteiger partial charge in [-0.1, -0.05) is 54.6 Å². The molecule has 32 heavy (non-hydrogen) atoms. The highest BCUT2D eigenvalue weighted by atomic mass is 16.5. The predicted octanol–water partition coefficient (Wildman–Crippen LogP) is 4.41. The summed E-state index contributed by atoms with van der Waals surface area (Å²) >= 11 is 0. The van der Waals surface area contributed by atoms with Crippen LogP contribution < -0.4 is 4.74 Å². The molecule has 168 valence electrons. The minimum atomic E-state index is -0.564. The molecule has 1 aliphatic rings. The van der Waals surface area contributed by atoms with E-state index in [0.717, 1.165) is 41.3 Å². The van der Waals surface area contributed by atoms with Gasteiger partial charge in [0.05, 0.1) is 24.9 Å². The second kappa shape index (κ2) is 10.6. The quantitative estimate of drug-likeness (QED) is 0.339. The fraction of sp³-hybridized carbons (Fsp3) is 0.346. The molecule has 0 saturated heterocycles. The number of hydrogen-bond acceptors (Lipinski definition) is 5. The maximum absolute atomic E-state index is 10.5. The van der Waals surface area contributed by atoms with Crippen molar-refractivity contribution >= 4 is 0 Å². The molecule has 1 fully saturated rings. The molecule has 0 aliphatic heterocycles.